The second kappa shape index (κ2) is 24.8. The molecule has 3 aliphatic rings. The molecule has 0 radical (unpaired) electrons. The number of non-ortho nitro benzene ring substituents is 1. The van der Waals surface area contributed by atoms with Gasteiger partial charge in [-0.15, -0.1) is 6.58 Å². The molecular weight excluding hydrogens is 932 g/mol. The lowest BCUT2D eigenvalue weighted by Gasteiger charge is -2.60. The summed E-state index contributed by atoms with van der Waals surface area (Å²) in [6, 6.07) is 35.2. The monoisotopic (exact) mass is 992 g/mol. The summed E-state index contributed by atoms with van der Waals surface area (Å²) in [5, 5.41) is 39.3. The number of nitro groups is 1. The molecule has 6 unspecified atom stereocenters. The first-order valence-corrected chi connectivity index (χ1v) is 24.8. The number of aliphatic hydroxyl groups is 2. The number of carbonyl (C=O) groups is 2. The van der Waals surface area contributed by atoms with Crippen molar-refractivity contribution >= 4 is 29.5 Å². The summed E-state index contributed by atoms with van der Waals surface area (Å²) >= 11 is 0. The Morgan fingerprint density at radius 1 is 0.890 bits per heavy atom. The normalized spacial score (nSPS) is 21.3. The zero-order valence-electron chi connectivity index (χ0n) is 40.6. The van der Waals surface area contributed by atoms with Gasteiger partial charge in [0, 0.05) is 62.4 Å². The molecule has 8 rings (SSSR count). The highest BCUT2D eigenvalue weighted by molar-refractivity contribution is 6.03. The predicted octanol–water partition coefficient (Wildman–Crippen LogP) is 10.6. The molecule has 15 heteroatoms. The molecule has 0 aromatic heterocycles. The van der Waals surface area contributed by atoms with Crippen molar-refractivity contribution in [2.45, 2.75) is 82.4 Å². The summed E-state index contributed by atoms with van der Waals surface area (Å²) in [6.07, 6.45) is 10.2. The van der Waals surface area contributed by atoms with Crippen LogP contribution in [-0.2, 0) is 34.1 Å². The van der Waals surface area contributed by atoms with Crippen LogP contribution in [0.2, 0.25) is 0 Å². The molecule has 2 amide bonds. The molecule has 6 atom stereocenters. The van der Waals surface area contributed by atoms with E-state index < -0.39 is 46.4 Å². The van der Waals surface area contributed by atoms with Gasteiger partial charge < -0.3 is 39.5 Å². The van der Waals surface area contributed by atoms with Crippen LogP contribution in [-0.4, -0.2) is 69.4 Å². The van der Waals surface area contributed by atoms with Crippen molar-refractivity contribution in [1.82, 2.24) is 10.2 Å². The first-order chi connectivity index (χ1) is 35.6. The summed E-state index contributed by atoms with van der Waals surface area (Å²) < 4.78 is 35.0. The topological polar surface area (TPSA) is 182 Å². The number of aliphatic hydroxyl groups excluding tert-OH is 2. The third-order valence-corrected chi connectivity index (χ3v) is 13.8. The van der Waals surface area contributed by atoms with Crippen LogP contribution in [0.15, 0.2) is 163 Å². The lowest BCUT2D eigenvalue weighted by atomic mass is 9.55. The number of hydrogen-bond acceptors (Lipinski definition) is 11. The molecule has 1 aliphatic heterocycles. The minimum Gasteiger partial charge on any atom is -0.459 e. The van der Waals surface area contributed by atoms with Crippen LogP contribution in [0.25, 0.3) is 6.08 Å². The van der Waals surface area contributed by atoms with E-state index in [9.17, 15) is 29.5 Å². The van der Waals surface area contributed by atoms with Gasteiger partial charge >= 0.3 is 6.09 Å². The van der Waals surface area contributed by atoms with Gasteiger partial charge in [-0.1, -0.05) is 103 Å². The second-order valence-corrected chi connectivity index (χ2v) is 18.5. The first-order valence-electron chi connectivity index (χ1n) is 24.8. The molecule has 5 aromatic carbocycles. The van der Waals surface area contributed by atoms with Crippen LogP contribution in [0, 0.1) is 33.7 Å². The van der Waals surface area contributed by atoms with Gasteiger partial charge in [0.1, 0.15) is 30.0 Å². The van der Waals surface area contributed by atoms with Gasteiger partial charge in [-0.05, 0) is 114 Å². The van der Waals surface area contributed by atoms with Crippen LogP contribution in [0.4, 0.5) is 14.9 Å². The fraction of sp³-hybridized carbons (Fsp3) is 0.328. The fourth-order valence-electron chi connectivity index (χ4n) is 10.5. The number of nitro benzene ring substituents is 1. The molecule has 0 bridgehead atoms. The Balaban J connectivity index is 1.30. The number of nitrogens with zero attached hydrogens (tertiary/aromatic N) is 3. The first kappa shape index (κ1) is 51.9. The number of hydrogen-bond donors (Lipinski definition) is 3. The van der Waals surface area contributed by atoms with E-state index in [4.69, 9.17) is 24.2 Å². The van der Waals surface area contributed by atoms with Gasteiger partial charge in [0.25, 0.3) is 5.69 Å². The number of ether oxygens (including phenoxy) is 3. The largest absolute Gasteiger partial charge is 0.459 e. The van der Waals surface area contributed by atoms with Gasteiger partial charge in [-0.2, -0.15) is 0 Å². The van der Waals surface area contributed by atoms with Crippen LogP contribution in [0.5, 0.6) is 11.5 Å². The number of nitrogens with one attached hydrogen (secondary N) is 1. The molecule has 14 nitrogen and oxygen atoms in total. The third kappa shape index (κ3) is 12.6. The number of benzene rings is 5. The third-order valence-electron chi connectivity index (χ3n) is 13.8. The number of allylic oxidation sites excluding steroid dienone is 1. The zero-order chi connectivity index (χ0) is 51.2. The smallest absolute Gasteiger partial charge is 0.412 e. The molecule has 380 valence electrons. The number of rotatable bonds is 23. The maximum atomic E-state index is 15.2. The van der Waals surface area contributed by atoms with Crippen LogP contribution in [0.3, 0.4) is 0 Å². The van der Waals surface area contributed by atoms with Gasteiger partial charge in [-0.25, -0.2) is 9.18 Å². The maximum Gasteiger partial charge on any atom is 0.412 e. The van der Waals surface area contributed by atoms with Crippen molar-refractivity contribution in [2.75, 3.05) is 19.8 Å². The number of amides is 2. The van der Waals surface area contributed by atoms with E-state index >= 15 is 4.79 Å². The highest BCUT2D eigenvalue weighted by Crippen LogP contribution is 2.62. The minimum atomic E-state index is -1.65. The van der Waals surface area contributed by atoms with Crippen molar-refractivity contribution in [3.8, 4) is 11.5 Å². The van der Waals surface area contributed by atoms with Crippen molar-refractivity contribution in [1.29, 1.82) is 0 Å². The number of carbonyl (C=O) groups excluding carboxylic acids is 2. The summed E-state index contributed by atoms with van der Waals surface area (Å²) in [5.74, 6) is -3.12. The Morgan fingerprint density at radius 3 is 2.27 bits per heavy atom. The van der Waals surface area contributed by atoms with Gasteiger partial charge in [0.15, 0.2) is 0 Å². The van der Waals surface area contributed by atoms with E-state index in [0.29, 0.717) is 48.3 Å². The van der Waals surface area contributed by atoms with Crippen LogP contribution in [0.1, 0.15) is 78.7 Å². The minimum absolute atomic E-state index is 0.00469. The van der Waals surface area contributed by atoms with Crippen LogP contribution >= 0.6 is 0 Å². The summed E-state index contributed by atoms with van der Waals surface area (Å²) in [6.45, 7) is 4.46. The predicted molar refractivity (Wildman–Crippen MR) is 275 cm³/mol. The fourth-order valence-corrected chi connectivity index (χ4v) is 10.5. The molecule has 5 aromatic rings. The second-order valence-electron chi connectivity index (χ2n) is 18.5. The molecule has 3 N–H and O–H groups in total. The lowest BCUT2D eigenvalue weighted by molar-refractivity contribution is -0.384. The Bertz CT molecular complexity index is 2770. The van der Waals surface area contributed by atoms with E-state index in [2.05, 4.69) is 18.0 Å². The number of halogens is 1. The molecule has 2 aliphatic carbocycles. The Morgan fingerprint density at radius 2 is 1.59 bits per heavy atom. The Kier molecular flexibility index (Phi) is 17.6. The highest BCUT2D eigenvalue weighted by atomic mass is 19.1. The van der Waals surface area contributed by atoms with E-state index in [1.54, 1.807) is 53.5 Å². The lowest BCUT2D eigenvalue weighted by Crippen LogP contribution is -2.70. The summed E-state index contributed by atoms with van der Waals surface area (Å²) in [5.41, 5.74) is 4.98. The molecule has 73 heavy (non-hydrogen) atoms. The Labute approximate surface area is 424 Å². The molecule has 1 fully saturated rings. The Hall–Kier alpha value is -7.46. The van der Waals surface area contributed by atoms with E-state index in [0.717, 1.165) is 35.1 Å². The van der Waals surface area contributed by atoms with E-state index in [-0.39, 0.29) is 69.2 Å². The van der Waals surface area contributed by atoms with Crippen LogP contribution < -0.4 is 14.8 Å². The van der Waals surface area contributed by atoms with Gasteiger partial charge in [0.05, 0.1) is 23.2 Å². The number of oxime groups is 1. The average Bonchev–Trinajstić information content (AvgIpc) is 3.41. The molecule has 1 heterocycles. The van der Waals surface area contributed by atoms with Gasteiger partial charge in [-0.3, -0.25) is 14.9 Å². The zero-order valence-corrected chi connectivity index (χ0v) is 40.6. The standard InChI is InChI=1S/C58H61FN4O10/c1-2-33-70-58-53(62(38-42-19-24-45(59)25-20-42)54(66)30-23-40-21-26-46(27-22-40)63(68)69)36-51(61-71-39-43-15-7-4-8-16-43)49-34-44(17-9-11-31-64)48(18-10-12-32-65)55(56(49)58)50-35-47(28-29-52(50)73-58)72-57(67)60-37-41-13-5-3-6-14-41/h2-8,13-16,19-30,34-35,44,48,53,55-56,64-65H,1,9-12,17-18,31-33,36-39H2,(H,60,67). The quantitative estimate of drug-likeness (QED) is 0.0187. The van der Waals surface area contributed by atoms with Crippen molar-refractivity contribution in [3.63, 3.8) is 0 Å². The van der Waals surface area contributed by atoms with E-state index in [1.165, 1.54) is 30.3 Å². The molecule has 1 saturated carbocycles. The number of fused-ring (bicyclic) bond motifs is 2. The van der Waals surface area contributed by atoms with Crippen molar-refractivity contribution < 1.29 is 48.2 Å². The molecule has 0 saturated heterocycles. The summed E-state index contributed by atoms with van der Waals surface area (Å²) in [7, 11) is 0. The van der Waals surface area contributed by atoms with E-state index in [1.807, 2.05) is 66.7 Å². The average molecular weight is 993 g/mol. The molecule has 0 spiro atoms. The maximum absolute atomic E-state index is 15.2. The summed E-state index contributed by atoms with van der Waals surface area (Å²) in [4.78, 5) is 47.5. The molecular formula is C58H61FN4O10. The van der Waals surface area contributed by atoms with Crippen molar-refractivity contribution in [3.05, 3.63) is 202 Å². The number of unbranched alkanes of at least 4 members (excludes halogenated alkanes) is 2. The highest BCUT2D eigenvalue weighted by Gasteiger charge is 2.65. The van der Waals surface area contributed by atoms with Gasteiger partial charge in [0.2, 0.25) is 11.7 Å². The van der Waals surface area contributed by atoms with Crippen molar-refractivity contribution in [2.24, 2.45) is 22.9 Å². The SMILES string of the molecule is C=CCOC12Oc3ccc(OC(=O)NCc4ccccc4)cc3C3C(CCCCO)C(CCCCO)C=C(C(=NOCc4ccccc4)CC1N(Cc1ccc(F)cc1)C(=O)C=Cc1ccc([N+](=O)[O-])cc1)C32.